The summed E-state index contributed by atoms with van der Waals surface area (Å²) in [5, 5.41) is 18.5. The van der Waals surface area contributed by atoms with Gasteiger partial charge in [-0.1, -0.05) is 6.07 Å². The fraction of sp³-hybridized carbons (Fsp3) is 0.417. The lowest BCUT2D eigenvalue weighted by Gasteiger charge is -2.35. The fourth-order valence-corrected chi connectivity index (χ4v) is 1.60. The Morgan fingerprint density at radius 3 is 2.87 bits per heavy atom. The summed E-state index contributed by atoms with van der Waals surface area (Å²) < 4.78 is 5.45. The first-order valence-corrected chi connectivity index (χ1v) is 5.07. The van der Waals surface area contributed by atoms with E-state index in [9.17, 15) is 5.11 Å². The lowest BCUT2D eigenvalue weighted by atomic mass is 9.81. The number of hydrogen-bond acceptors (Lipinski definition) is 3. The molecule has 1 N–H and O–H groups in total. The van der Waals surface area contributed by atoms with Crippen molar-refractivity contribution in [1.29, 1.82) is 5.26 Å². The smallest absolute Gasteiger partial charge is 0.120 e. The third-order valence-corrected chi connectivity index (χ3v) is 2.75. The maximum atomic E-state index is 9.81. The van der Waals surface area contributed by atoms with Crippen LogP contribution in [0.2, 0.25) is 0 Å². The van der Waals surface area contributed by atoms with Gasteiger partial charge in [0.05, 0.1) is 17.2 Å². The van der Waals surface area contributed by atoms with Crippen molar-refractivity contribution in [2.24, 2.45) is 0 Å². The van der Waals surface area contributed by atoms with E-state index in [1.807, 2.05) is 6.07 Å². The number of aliphatic hydroxyl groups is 1. The van der Waals surface area contributed by atoms with Gasteiger partial charge < -0.3 is 9.84 Å². The summed E-state index contributed by atoms with van der Waals surface area (Å²) in [6.45, 7) is 0.321. The third kappa shape index (κ3) is 2.28. The van der Waals surface area contributed by atoms with Crippen LogP contribution < -0.4 is 4.74 Å². The molecule has 0 radical (unpaired) electrons. The predicted octanol–water partition coefficient (Wildman–Crippen LogP) is 1.85. The van der Waals surface area contributed by atoms with Gasteiger partial charge in [0, 0.05) is 0 Å². The molecule has 3 nitrogen and oxygen atoms in total. The molecule has 0 spiro atoms. The number of ether oxygens (including phenoxy) is 1. The second-order valence-electron chi connectivity index (χ2n) is 4.01. The van der Waals surface area contributed by atoms with Gasteiger partial charge in [0.25, 0.3) is 0 Å². The van der Waals surface area contributed by atoms with Crippen LogP contribution in [-0.4, -0.2) is 17.3 Å². The molecule has 0 saturated heterocycles. The molecule has 78 valence electrons. The van der Waals surface area contributed by atoms with Crippen LogP contribution in [-0.2, 0) is 0 Å². The zero-order valence-corrected chi connectivity index (χ0v) is 8.44. The topological polar surface area (TPSA) is 53.2 Å². The monoisotopic (exact) mass is 203 g/mol. The molecule has 1 aliphatic rings. The Balaban J connectivity index is 1.96. The Morgan fingerprint density at radius 1 is 1.47 bits per heavy atom. The van der Waals surface area contributed by atoms with E-state index in [-0.39, 0.29) is 0 Å². The molecule has 0 bridgehead atoms. The van der Waals surface area contributed by atoms with Gasteiger partial charge in [0.1, 0.15) is 12.4 Å². The maximum Gasteiger partial charge on any atom is 0.120 e. The Kier molecular flexibility index (Phi) is 2.61. The molecule has 0 amide bonds. The highest BCUT2D eigenvalue weighted by Crippen LogP contribution is 2.32. The molecular weight excluding hydrogens is 190 g/mol. The van der Waals surface area contributed by atoms with Crippen molar-refractivity contribution in [3.63, 3.8) is 0 Å². The predicted molar refractivity (Wildman–Crippen MR) is 55.5 cm³/mol. The highest BCUT2D eigenvalue weighted by Gasteiger charge is 2.35. The molecule has 1 aromatic rings. The molecule has 15 heavy (non-hydrogen) atoms. The molecule has 0 heterocycles. The Labute approximate surface area is 88.9 Å². The van der Waals surface area contributed by atoms with Crippen LogP contribution >= 0.6 is 0 Å². The fourth-order valence-electron chi connectivity index (χ4n) is 1.60. The molecule has 0 aromatic heterocycles. The van der Waals surface area contributed by atoms with E-state index in [1.165, 1.54) is 0 Å². The van der Waals surface area contributed by atoms with Gasteiger partial charge in [0.15, 0.2) is 0 Å². The molecule has 3 heteroatoms. The average Bonchev–Trinajstić information content (AvgIpc) is 2.24. The Hall–Kier alpha value is -1.53. The first-order valence-electron chi connectivity index (χ1n) is 5.07. The van der Waals surface area contributed by atoms with Crippen LogP contribution in [0.15, 0.2) is 24.3 Å². The van der Waals surface area contributed by atoms with Gasteiger partial charge >= 0.3 is 0 Å². The highest BCUT2D eigenvalue weighted by molar-refractivity contribution is 5.36. The van der Waals surface area contributed by atoms with Gasteiger partial charge in [-0.15, -0.1) is 0 Å². The minimum Gasteiger partial charge on any atom is -0.491 e. The number of nitriles is 1. The summed E-state index contributed by atoms with van der Waals surface area (Å²) in [7, 11) is 0. The van der Waals surface area contributed by atoms with E-state index in [2.05, 4.69) is 0 Å². The zero-order valence-electron chi connectivity index (χ0n) is 8.44. The molecule has 1 saturated carbocycles. The van der Waals surface area contributed by atoms with E-state index in [1.54, 1.807) is 24.3 Å². The van der Waals surface area contributed by atoms with Crippen molar-refractivity contribution in [1.82, 2.24) is 0 Å². The van der Waals surface area contributed by atoms with Crippen molar-refractivity contribution in [3.8, 4) is 11.8 Å². The normalized spacial score (nSPS) is 17.6. The van der Waals surface area contributed by atoms with Gasteiger partial charge in [0.2, 0.25) is 0 Å². The largest absolute Gasteiger partial charge is 0.491 e. The lowest BCUT2D eigenvalue weighted by Crippen LogP contribution is -2.42. The number of rotatable bonds is 3. The van der Waals surface area contributed by atoms with Crippen molar-refractivity contribution in [2.45, 2.75) is 24.9 Å². The summed E-state index contributed by atoms with van der Waals surface area (Å²) >= 11 is 0. The summed E-state index contributed by atoms with van der Waals surface area (Å²) in [6, 6.07) is 9.03. The molecular formula is C12H13NO2. The van der Waals surface area contributed by atoms with Gasteiger partial charge in [-0.2, -0.15) is 5.26 Å². The van der Waals surface area contributed by atoms with Crippen molar-refractivity contribution < 1.29 is 9.84 Å². The quantitative estimate of drug-likeness (QED) is 0.815. The first kappa shape index (κ1) is 10.0. The molecule has 0 unspecified atom stereocenters. The molecule has 1 aromatic carbocycles. The third-order valence-electron chi connectivity index (χ3n) is 2.75. The van der Waals surface area contributed by atoms with Crippen LogP contribution in [0.3, 0.4) is 0 Å². The second-order valence-corrected chi connectivity index (χ2v) is 4.01. The van der Waals surface area contributed by atoms with E-state index < -0.39 is 5.60 Å². The van der Waals surface area contributed by atoms with Crippen molar-refractivity contribution >= 4 is 0 Å². The van der Waals surface area contributed by atoms with Gasteiger partial charge in [-0.3, -0.25) is 0 Å². The SMILES string of the molecule is N#Cc1cccc(OCC2(O)CCC2)c1. The standard InChI is InChI=1S/C12H13NO2/c13-8-10-3-1-4-11(7-10)15-9-12(14)5-2-6-12/h1,3-4,7,14H,2,5-6,9H2. The number of nitrogens with zero attached hydrogens (tertiary/aromatic N) is 1. The molecule has 1 aliphatic carbocycles. The summed E-state index contributed by atoms with van der Waals surface area (Å²) in [6.07, 6.45) is 2.69. The van der Waals surface area contributed by atoms with Crippen LogP contribution in [0.25, 0.3) is 0 Å². The summed E-state index contributed by atoms with van der Waals surface area (Å²) in [5.41, 5.74) is -0.0593. The van der Waals surface area contributed by atoms with E-state index in [0.29, 0.717) is 17.9 Å². The van der Waals surface area contributed by atoms with Crippen molar-refractivity contribution in [2.75, 3.05) is 6.61 Å². The van der Waals surface area contributed by atoms with Crippen molar-refractivity contribution in [3.05, 3.63) is 29.8 Å². The van der Waals surface area contributed by atoms with Crippen LogP contribution in [0.5, 0.6) is 5.75 Å². The van der Waals surface area contributed by atoms with Gasteiger partial charge in [-0.05, 0) is 37.5 Å². The maximum absolute atomic E-state index is 9.81. The number of benzene rings is 1. The molecule has 0 aliphatic heterocycles. The Bertz CT molecular complexity index is 391. The average molecular weight is 203 g/mol. The van der Waals surface area contributed by atoms with Gasteiger partial charge in [-0.25, -0.2) is 0 Å². The van der Waals surface area contributed by atoms with Crippen LogP contribution in [0.4, 0.5) is 0 Å². The van der Waals surface area contributed by atoms with E-state index >= 15 is 0 Å². The number of hydrogen-bond donors (Lipinski definition) is 1. The van der Waals surface area contributed by atoms with Crippen LogP contribution in [0.1, 0.15) is 24.8 Å². The zero-order chi connectivity index (χ0) is 10.7. The molecule has 2 rings (SSSR count). The first-order chi connectivity index (χ1) is 7.22. The Morgan fingerprint density at radius 2 is 2.27 bits per heavy atom. The van der Waals surface area contributed by atoms with Crippen LogP contribution in [0, 0.1) is 11.3 Å². The van der Waals surface area contributed by atoms with E-state index in [4.69, 9.17) is 10.00 Å². The molecule has 1 fully saturated rings. The second kappa shape index (κ2) is 3.92. The summed E-state index contributed by atoms with van der Waals surface area (Å²) in [4.78, 5) is 0. The molecule has 0 atom stereocenters. The summed E-state index contributed by atoms with van der Waals surface area (Å²) in [5.74, 6) is 0.648. The minimum absolute atomic E-state index is 0.321. The highest BCUT2D eigenvalue weighted by atomic mass is 16.5. The lowest BCUT2D eigenvalue weighted by molar-refractivity contribution is -0.0663. The minimum atomic E-state index is -0.636. The van der Waals surface area contributed by atoms with E-state index in [0.717, 1.165) is 19.3 Å².